The topological polar surface area (TPSA) is 237 Å². The number of carbonyl (C=O) groups excluding carboxylic acids is 4. The molecule has 0 bridgehead atoms. The van der Waals surface area contributed by atoms with Crippen molar-refractivity contribution in [3.63, 3.8) is 0 Å². The smallest absolute Gasteiger partial charge is 0.462 e. The number of hydrogen-bond donors (Lipinski definition) is 3. The van der Waals surface area contributed by atoms with E-state index in [0.717, 1.165) is 114 Å². The lowest BCUT2D eigenvalue weighted by molar-refractivity contribution is -0.161. The van der Waals surface area contributed by atoms with E-state index in [-0.39, 0.29) is 25.7 Å². The van der Waals surface area contributed by atoms with Crippen molar-refractivity contribution < 1.29 is 80.2 Å². The molecule has 588 valence electrons. The Hall–Kier alpha value is -1.94. The fourth-order valence-electron chi connectivity index (χ4n) is 12.3. The van der Waals surface area contributed by atoms with Gasteiger partial charge in [-0.3, -0.25) is 37.3 Å². The summed E-state index contributed by atoms with van der Waals surface area (Å²) in [5.41, 5.74) is 0. The van der Waals surface area contributed by atoms with Crippen molar-refractivity contribution in [2.24, 2.45) is 23.7 Å². The van der Waals surface area contributed by atoms with Crippen LogP contribution in [0.25, 0.3) is 0 Å². The van der Waals surface area contributed by atoms with Crippen LogP contribution in [0.1, 0.15) is 409 Å². The fourth-order valence-corrected chi connectivity index (χ4v) is 13.8. The predicted octanol–water partition coefficient (Wildman–Crippen LogP) is 23.6. The maximum atomic E-state index is 13.1. The van der Waals surface area contributed by atoms with E-state index in [2.05, 4.69) is 55.4 Å². The van der Waals surface area contributed by atoms with E-state index in [1.54, 1.807) is 0 Å². The Morgan fingerprint density at radius 3 is 0.626 bits per heavy atom. The summed E-state index contributed by atoms with van der Waals surface area (Å²) in [6.07, 6.45) is 55.7. The van der Waals surface area contributed by atoms with Crippen LogP contribution in [0.5, 0.6) is 0 Å². The van der Waals surface area contributed by atoms with Crippen LogP contribution in [-0.2, 0) is 65.4 Å². The van der Waals surface area contributed by atoms with Gasteiger partial charge in [-0.1, -0.05) is 357 Å². The normalized spacial score (nSPS) is 14.1. The molecule has 19 heteroatoms. The standard InChI is InChI=1S/C80H156O17P2/c1-70(2)56-48-40-32-25-20-16-12-9-10-14-19-23-29-37-46-54-62-79(84)96-75(66-90-77(82)60-52-44-36-28-22-18-15-11-13-17-21-26-33-41-49-57-71(3)4)68-94-98(86,87)92-64-74(81)65-93-99(88,89)95-69-76(67-91-78(83)61-53-45-39-31-35-43-51-59-73(7)8)97-80(85)63-55-47-38-30-24-27-34-42-50-58-72(5)6/h70-76,81H,9-69H2,1-8H3,(H,86,87)(H,88,89)/t74?,75-,76-/m1/s1. The summed E-state index contributed by atoms with van der Waals surface area (Å²) >= 11 is 0. The summed E-state index contributed by atoms with van der Waals surface area (Å²) in [5.74, 6) is 0.940. The Morgan fingerprint density at radius 1 is 0.253 bits per heavy atom. The van der Waals surface area contributed by atoms with Crippen LogP contribution in [0.15, 0.2) is 0 Å². The van der Waals surface area contributed by atoms with Gasteiger partial charge in [0.2, 0.25) is 0 Å². The van der Waals surface area contributed by atoms with Crippen molar-refractivity contribution in [2.45, 2.75) is 427 Å². The van der Waals surface area contributed by atoms with E-state index in [4.69, 9.17) is 37.0 Å². The molecular formula is C80H156O17P2. The predicted molar refractivity (Wildman–Crippen MR) is 404 cm³/mol. The molecule has 0 heterocycles. The second kappa shape index (κ2) is 69.1. The summed E-state index contributed by atoms with van der Waals surface area (Å²) in [7, 11) is -9.92. The monoisotopic (exact) mass is 1450 g/mol. The van der Waals surface area contributed by atoms with Gasteiger partial charge >= 0.3 is 39.5 Å². The quantitative estimate of drug-likeness (QED) is 0.0222. The van der Waals surface area contributed by atoms with Crippen molar-refractivity contribution in [2.75, 3.05) is 39.6 Å². The lowest BCUT2D eigenvalue weighted by Crippen LogP contribution is -2.30. The van der Waals surface area contributed by atoms with E-state index >= 15 is 0 Å². The fraction of sp³-hybridized carbons (Fsp3) is 0.950. The van der Waals surface area contributed by atoms with Gasteiger partial charge in [-0.2, -0.15) is 0 Å². The molecule has 0 saturated heterocycles. The van der Waals surface area contributed by atoms with Gasteiger partial charge in [0.15, 0.2) is 12.2 Å². The molecule has 0 aromatic heterocycles. The maximum absolute atomic E-state index is 13.1. The molecule has 17 nitrogen and oxygen atoms in total. The highest BCUT2D eigenvalue weighted by Gasteiger charge is 2.30. The number of unbranched alkanes of at least 4 members (excludes halogenated alkanes) is 43. The summed E-state index contributed by atoms with van der Waals surface area (Å²) in [6, 6.07) is 0. The third-order valence-corrected chi connectivity index (χ3v) is 20.5. The molecule has 0 spiro atoms. The first kappa shape index (κ1) is 97.1. The second-order valence-corrected chi connectivity index (χ2v) is 33.6. The minimum absolute atomic E-state index is 0.104. The highest BCUT2D eigenvalue weighted by atomic mass is 31.2. The van der Waals surface area contributed by atoms with Crippen LogP contribution >= 0.6 is 15.6 Å². The van der Waals surface area contributed by atoms with Crippen LogP contribution in [0.2, 0.25) is 0 Å². The highest BCUT2D eigenvalue weighted by Crippen LogP contribution is 2.45. The first-order chi connectivity index (χ1) is 47.6. The first-order valence-electron chi connectivity index (χ1n) is 41.2. The Balaban J connectivity index is 5.23. The van der Waals surface area contributed by atoms with Crippen molar-refractivity contribution in [1.29, 1.82) is 0 Å². The molecular weight excluding hydrogens is 1290 g/mol. The van der Waals surface area contributed by atoms with Gasteiger partial charge in [0.1, 0.15) is 19.3 Å². The molecule has 0 rings (SSSR count). The summed E-state index contributed by atoms with van der Waals surface area (Å²) < 4.78 is 68.6. The molecule has 0 radical (unpaired) electrons. The Kier molecular flexibility index (Phi) is 67.8. The molecule has 0 aliphatic carbocycles. The Labute approximate surface area is 607 Å². The van der Waals surface area contributed by atoms with Gasteiger partial charge in [-0.15, -0.1) is 0 Å². The molecule has 0 fully saturated rings. The average molecular weight is 1450 g/mol. The third kappa shape index (κ3) is 74.1. The van der Waals surface area contributed by atoms with Crippen LogP contribution in [-0.4, -0.2) is 96.7 Å². The highest BCUT2D eigenvalue weighted by molar-refractivity contribution is 7.47. The van der Waals surface area contributed by atoms with Crippen molar-refractivity contribution in [3.8, 4) is 0 Å². The zero-order valence-electron chi connectivity index (χ0n) is 65.1. The molecule has 0 aromatic carbocycles. The van der Waals surface area contributed by atoms with Gasteiger partial charge in [-0.05, 0) is 49.4 Å². The first-order valence-corrected chi connectivity index (χ1v) is 44.2. The number of carbonyl (C=O) groups is 4. The van der Waals surface area contributed by atoms with Crippen molar-refractivity contribution >= 4 is 39.5 Å². The number of rotatable bonds is 77. The average Bonchev–Trinajstić information content (AvgIpc) is 1.12. The molecule has 99 heavy (non-hydrogen) atoms. The molecule has 0 saturated carbocycles. The van der Waals surface area contributed by atoms with Crippen LogP contribution < -0.4 is 0 Å². The van der Waals surface area contributed by atoms with E-state index in [1.807, 2.05) is 0 Å². The molecule has 0 amide bonds. The number of aliphatic hydroxyl groups excluding tert-OH is 1. The van der Waals surface area contributed by atoms with Crippen molar-refractivity contribution in [3.05, 3.63) is 0 Å². The van der Waals surface area contributed by atoms with E-state index in [1.165, 1.54) is 205 Å². The number of phosphoric acid groups is 2. The van der Waals surface area contributed by atoms with E-state index in [9.17, 15) is 43.2 Å². The lowest BCUT2D eigenvalue weighted by atomic mass is 10.0. The number of aliphatic hydroxyl groups is 1. The van der Waals surface area contributed by atoms with Gasteiger partial charge in [-0.25, -0.2) is 9.13 Å². The number of hydrogen-bond acceptors (Lipinski definition) is 15. The van der Waals surface area contributed by atoms with Crippen LogP contribution in [0.4, 0.5) is 0 Å². The minimum Gasteiger partial charge on any atom is -0.462 e. The SMILES string of the molecule is CC(C)CCCCCCCCCCCCCCCCCCC(=O)O[C@H](COC(=O)CCCCCCCCCCCCCCCCCC(C)C)COP(=O)(O)OCC(O)COP(=O)(O)OC[C@@H](COC(=O)CCCCCCCCCC(C)C)OC(=O)CCCCCCCCCCCC(C)C. The van der Waals surface area contributed by atoms with Gasteiger partial charge < -0.3 is 33.8 Å². The number of ether oxygens (including phenoxy) is 4. The summed E-state index contributed by atoms with van der Waals surface area (Å²) in [6.45, 7) is 14.2. The van der Waals surface area contributed by atoms with Crippen molar-refractivity contribution in [1.82, 2.24) is 0 Å². The maximum Gasteiger partial charge on any atom is 0.472 e. The zero-order valence-corrected chi connectivity index (χ0v) is 66.9. The molecule has 3 N–H and O–H groups in total. The minimum atomic E-state index is -4.96. The van der Waals surface area contributed by atoms with Gasteiger partial charge in [0.05, 0.1) is 26.4 Å². The van der Waals surface area contributed by atoms with Crippen LogP contribution in [0, 0.1) is 23.7 Å². The third-order valence-electron chi connectivity index (χ3n) is 18.6. The summed E-state index contributed by atoms with van der Waals surface area (Å²) in [4.78, 5) is 72.9. The largest absolute Gasteiger partial charge is 0.472 e. The number of phosphoric ester groups is 2. The zero-order chi connectivity index (χ0) is 73.1. The second-order valence-electron chi connectivity index (χ2n) is 30.7. The molecule has 0 aliphatic rings. The van der Waals surface area contributed by atoms with Gasteiger partial charge in [0.25, 0.3) is 0 Å². The molecule has 5 atom stereocenters. The Bertz CT molecular complexity index is 1940. The van der Waals surface area contributed by atoms with E-state index < -0.39 is 97.5 Å². The van der Waals surface area contributed by atoms with Gasteiger partial charge in [0, 0.05) is 25.7 Å². The molecule has 0 aromatic rings. The van der Waals surface area contributed by atoms with Crippen LogP contribution in [0.3, 0.4) is 0 Å². The summed E-state index contributed by atoms with van der Waals surface area (Å²) in [5, 5.41) is 10.6. The van der Waals surface area contributed by atoms with E-state index in [0.29, 0.717) is 31.6 Å². The molecule has 3 unspecified atom stereocenters. The Morgan fingerprint density at radius 2 is 0.424 bits per heavy atom. The lowest BCUT2D eigenvalue weighted by Gasteiger charge is -2.21. The number of esters is 4. The molecule has 0 aliphatic heterocycles.